The zero-order valence-corrected chi connectivity index (χ0v) is 23.8. The molecular formula is C20H37Cl3N8O7. The number of rotatable bonds is 8. The van der Waals surface area contributed by atoms with Crippen LogP contribution in [0.3, 0.4) is 0 Å². The molecule has 10 N–H and O–H groups in total. The maximum atomic E-state index is 11.3. The number of amides is 1. The third-order valence-electron chi connectivity index (χ3n) is 4.99. The number of aliphatic hydroxyl groups excluding tert-OH is 2. The van der Waals surface area contributed by atoms with Crippen molar-refractivity contribution in [2.45, 2.75) is 56.8 Å². The van der Waals surface area contributed by atoms with Crippen LogP contribution in [0.25, 0.3) is 0 Å². The van der Waals surface area contributed by atoms with Crippen LogP contribution in [0.2, 0.25) is 5.15 Å². The van der Waals surface area contributed by atoms with Gasteiger partial charge in [-0.05, 0) is 40.9 Å². The van der Waals surface area contributed by atoms with E-state index in [1.807, 2.05) is 27.9 Å². The number of anilines is 2. The van der Waals surface area contributed by atoms with E-state index in [1.165, 1.54) is 0 Å². The first-order valence-electron chi connectivity index (χ1n) is 11.0. The van der Waals surface area contributed by atoms with Crippen LogP contribution >= 0.6 is 36.4 Å². The van der Waals surface area contributed by atoms with Gasteiger partial charge >= 0.3 is 5.91 Å². The molecule has 0 aromatic carbocycles. The number of nitrogen functional groups attached to an aromatic ring is 2. The Morgan fingerprint density at radius 3 is 2.39 bits per heavy atom. The van der Waals surface area contributed by atoms with Gasteiger partial charge in [-0.15, -0.1) is 24.8 Å². The van der Waals surface area contributed by atoms with Gasteiger partial charge in [-0.1, -0.05) is 11.6 Å². The first kappa shape index (κ1) is 36.2. The molecule has 5 unspecified atom stereocenters. The van der Waals surface area contributed by atoms with Gasteiger partial charge in [-0.2, -0.15) is 4.99 Å². The molecule has 0 radical (unpaired) electrons. The second-order valence-electron chi connectivity index (χ2n) is 8.79. The molecular weight excluding hydrogens is 571 g/mol. The molecule has 18 heteroatoms. The molecule has 2 aliphatic rings. The molecule has 1 aromatic heterocycles. The minimum Gasteiger partial charge on any atom is -0.394 e. The molecule has 3 rings (SSSR count). The largest absolute Gasteiger partial charge is 0.394 e. The fourth-order valence-corrected chi connectivity index (χ4v) is 3.60. The zero-order valence-electron chi connectivity index (χ0n) is 21.4. The van der Waals surface area contributed by atoms with Gasteiger partial charge in [0.1, 0.15) is 24.4 Å². The summed E-state index contributed by atoms with van der Waals surface area (Å²) < 4.78 is 23.0. The summed E-state index contributed by atoms with van der Waals surface area (Å²) >= 11 is 5.55. The van der Waals surface area contributed by atoms with Crippen LogP contribution in [0.4, 0.5) is 11.6 Å². The Balaban J connectivity index is 0.000000720. The lowest BCUT2D eigenvalue weighted by Gasteiger charge is -2.28. The van der Waals surface area contributed by atoms with Gasteiger partial charge in [0.2, 0.25) is 0 Å². The molecule has 1 aromatic rings. The number of aliphatic hydroxyl groups is 2. The van der Waals surface area contributed by atoms with Crippen LogP contribution in [0.15, 0.2) is 4.99 Å². The summed E-state index contributed by atoms with van der Waals surface area (Å²) in [5.41, 5.74) is 20.5. The number of fused-ring (bicyclic) bond motifs is 1. The molecule has 15 nitrogen and oxygen atoms in total. The van der Waals surface area contributed by atoms with E-state index in [9.17, 15) is 9.90 Å². The van der Waals surface area contributed by atoms with Crippen molar-refractivity contribution in [3.05, 3.63) is 10.8 Å². The summed E-state index contributed by atoms with van der Waals surface area (Å²) in [7, 11) is 4.01. The highest BCUT2D eigenvalue weighted by atomic mass is 35.5. The smallest absolute Gasteiger partial charge is 0.302 e. The van der Waals surface area contributed by atoms with Crippen molar-refractivity contribution in [2.75, 3.05) is 45.3 Å². The zero-order chi connectivity index (χ0) is 27.2. The van der Waals surface area contributed by atoms with Crippen molar-refractivity contribution in [1.29, 1.82) is 0 Å². The summed E-state index contributed by atoms with van der Waals surface area (Å²) in [6, 6.07) is 0. The Morgan fingerprint density at radius 2 is 1.84 bits per heavy atom. The van der Waals surface area contributed by atoms with Crippen molar-refractivity contribution in [1.82, 2.24) is 14.9 Å². The molecule has 2 fully saturated rings. The lowest BCUT2D eigenvalue weighted by Crippen LogP contribution is -2.44. The molecule has 1 amide bonds. The summed E-state index contributed by atoms with van der Waals surface area (Å²) in [4.78, 5) is 23.8. The van der Waals surface area contributed by atoms with Crippen molar-refractivity contribution in [3.63, 3.8) is 0 Å². The lowest BCUT2D eigenvalue weighted by molar-refractivity contribution is -0.231. The number of aliphatic imine (C=N–C) groups is 1. The quantitative estimate of drug-likeness (QED) is 0.119. The Bertz CT molecular complexity index is 940. The number of halogens is 3. The van der Waals surface area contributed by atoms with Gasteiger partial charge < -0.3 is 57.0 Å². The first-order chi connectivity index (χ1) is 16.8. The fraction of sp³-hybridized carbons (Fsp3) is 0.700. The number of hydrogen-bond acceptors (Lipinski definition) is 12. The van der Waals surface area contributed by atoms with Gasteiger partial charge in [-0.25, -0.2) is 9.97 Å². The average Bonchev–Trinajstić information content (AvgIpc) is 3.24. The predicted molar refractivity (Wildman–Crippen MR) is 145 cm³/mol. The molecule has 38 heavy (non-hydrogen) atoms. The van der Waals surface area contributed by atoms with Crippen molar-refractivity contribution in [2.24, 2.45) is 16.5 Å². The SMILES string of the molecule is CN(C)CCCOC1C(C(O)CO)OC2OC(C)(C)OC21.Cl.Cl.NC(N)=NC(=O)c1nc(Cl)c(N)nc1N. The van der Waals surface area contributed by atoms with Crippen LogP contribution in [0.1, 0.15) is 30.8 Å². The summed E-state index contributed by atoms with van der Waals surface area (Å²) in [5, 5.41) is 18.9. The number of guanidine groups is 1. The van der Waals surface area contributed by atoms with E-state index >= 15 is 0 Å². The van der Waals surface area contributed by atoms with Gasteiger partial charge in [-0.3, -0.25) is 4.79 Å². The number of ether oxygens (including phenoxy) is 4. The van der Waals surface area contributed by atoms with Crippen molar-refractivity contribution >= 4 is 59.9 Å². The third-order valence-corrected chi connectivity index (χ3v) is 5.27. The highest BCUT2D eigenvalue weighted by molar-refractivity contribution is 6.31. The molecule has 2 aliphatic heterocycles. The normalized spacial score (nSPS) is 23.8. The topological polar surface area (TPSA) is 240 Å². The van der Waals surface area contributed by atoms with Crippen LogP contribution in [-0.2, 0) is 18.9 Å². The maximum Gasteiger partial charge on any atom is 0.302 e. The lowest BCUT2D eigenvalue weighted by atomic mass is 10.1. The molecule has 2 saturated heterocycles. The molecule has 3 heterocycles. The minimum absolute atomic E-state index is 0. The summed E-state index contributed by atoms with van der Waals surface area (Å²) in [6.45, 7) is 4.70. The van der Waals surface area contributed by atoms with Crippen LogP contribution in [0.5, 0.6) is 0 Å². The van der Waals surface area contributed by atoms with E-state index in [-0.39, 0.29) is 60.0 Å². The number of nitrogens with two attached hydrogens (primary N) is 4. The van der Waals surface area contributed by atoms with Crippen LogP contribution < -0.4 is 22.9 Å². The third kappa shape index (κ3) is 10.1. The minimum atomic E-state index is -1.01. The van der Waals surface area contributed by atoms with Gasteiger partial charge in [0.05, 0.1) is 6.61 Å². The van der Waals surface area contributed by atoms with Crippen LogP contribution in [0, 0.1) is 0 Å². The number of aromatic nitrogens is 2. The average molecular weight is 608 g/mol. The maximum absolute atomic E-state index is 11.3. The van der Waals surface area contributed by atoms with E-state index < -0.39 is 42.3 Å². The van der Waals surface area contributed by atoms with Crippen molar-refractivity contribution in [3.8, 4) is 0 Å². The number of carbonyl (C=O) groups is 1. The number of carbonyl (C=O) groups excluding carboxylic acids is 1. The molecule has 0 spiro atoms. The number of nitrogens with zero attached hydrogens (tertiary/aromatic N) is 4. The highest BCUT2D eigenvalue weighted by Crippen LogP contribution is 2.39. The number of hydrogen-bond donors (Lipinski definition) is 6. The summed E-state index contributed by atoms with van der Waals surface area (Å²) in [5.74, 6) is -2.23. The van der Waals surface area contributed by atoms with Gasteiger partial charge in [0.15, 0.2) is 40.5 Å². The summed E-state index contributed by atoms with van der Waals surface area (Å²) in [6.07, 6.45) is -2.17. The fourth-order valence-electron chi connectivity index (χ4n) is 3.48. The van der Waals surface area contributed by atoms with E-state index in [2.05, 4.69) is 19.9 Å². The Kier molecular flexibility index (Phi) is 15.0. The standard InChI is InChI=1S/C14H27NO6.C6H8ClN7O.2ClH/c1-14(2)20-12-11(18-7-5-6-15(3)4)10(9(17)8-16)19-13(12)21-14;7-2-4(9)13-3(8)1(12-2)5(15)14-6(10)11;;/h9-13,16-17H,5-8H2,1-4H3;(H4,8,9,13)(H4,10,11,14,15);2*1H. The predicted octanol–water partition coefficient (Wildman–Crippen LogP) is -0.895. The molecule has 0 bridgehead atoms. The van der Waals surface area contributed by atoms with E-state index in [0.717, 1.165) is 13.0 Å². The van der Waals surface area contributed by atoms with E-state index in [4.69, 9.17) is 58.6 Å². The molecule has 0 saturated carbocycles. The molecule has 5 atom stereocenters. The van der Waals surface area contributed by atoms with Gasteiger partial charge in [0.25, 0.3) is 0 Å². The van der Waals surface area contributed by atoms with Gasteiger partial charge in [0, 0.05) is 6.61 Å². The molecule has 0 aliphatic carbocycles. The van der Waals surface area contributed by atoms with E-state index in [1.54, 1.807) is 0 Å². The Labute approximate surface area is 238 Å². The Hall–Kier alpha value is -1.79. The van der Waals surface area contributed by atoms with Crippen LogP contribution in [-0.4, -0.2) is 107 Å². The first-order valence-corrected chi connectivity index (χ1v) is 11.4. The second-order valence-corrected chi connectivity index (χ2v) is 9.14. The monoisotopic (exact) mass is 606 g/mol. The molecule has 220 valence electrons. The van der Waals surface area contributed by atoms with Crippen molar-refractivity contribution < 1.29 is 34.0 Å². The highest BCUT2D eigenvalue weighted by Gasteiger charge is 2.56. The second kappa shape index (κ2) is 15.7. The Morgan fingerprint density at radius 1 is 1.21 bits per heavy atom. The van der Waals surface area contributed by atoms with E-state index in [0.29, 0.717) is 6.61 Å².